The second-order valence-corrected chi connectivity index (χ2v) is 18.7. The van der Waals surface area contributed by atoms with E-state index < -0.39 is 0 Å². The predicted octanol–water partition coefficient (Wildman–Crippen LogP) is 12.8. The first-order valence-corrected chi connectivity index (χ1v) is 16.4. The number of aromatic hydroxyl groups is 3. The first kappa shape index (κ1) is 43.5. The normalized spacial score (nSPS) is 12.7. The Balaban J connectivity index is 0.000000653. The molecule has 0 fully saturated rings. The van der Waals surface area contributed by atoms with Crippen molar-refractivity contribution >= 4 is 9.90 Å². The Kier molecular flexibility index (Phi) is 14.3. The van der Waals surface area contributed by atoms with Gasteiger partial charge in [-0.3, -0.25) is 0 Å². The third kappa shape index (κ3) is 12.9. The quantitative estimate of drug-likeness (QED) is 0.212. The minimum atomic E-state index is -0.00859. The third-order valence-electron chi connectivity index (χ3n) is 8.01. The van der Waals surface area contributed by atoms with Crippen molar-refractivity contribution in [3.05, 3.63) is 88.0 Å². The maximum absolute atomic E-state index is 9.84. The van der Waals surface area contributed by atoms with Crippen LogP contribution in [0.4, 0.5) is 0 Å². The fourth-order valence-corrected chi connectivity index (χ4v) is 4.81. The molecule has 257 valence electrons. The van der Waals surface area contributed by atoms with Crippen LogP contribution in [0, 0.1) is 0 Å². The third-order valence-corrected chi connectivity index (χ3v) is 8.01. The zero-order valence-electron chi connectivity index (χ0n) is 32.5. The molecule has 3 radical (unpaired) electrons. The van der Waals surface area contributed by atoms with Gasteiger partial charge >= 0.3 is 0 Å². The SMILES string of the molecule is CC(C)(C)c1ccc(O)c(C(C)(C)C)c1.CC(C)(C)c1ccc(O)c(C(C)(C)C)c1.CC(C)(C)c1ccc(O)c(C(C)(C)C)c1.[P]. The van der Waals surface area contributed by atoms with Crippen molar-refractivity contribution in [3.63, 3.8) is 0 Å². The highest BCUT2D eigenvalue weighted by Gasteiger charge is 2.24. The van der Waals surface area contributed by atoms with Crippen LogP contribution in [0.5, 0.6) is 17.2 Å². The Bertz CT molecular complexity index is 1230. The molecular weight excluding hydrogens is 583 g/mol. The van der Waals surface area contributed by atoms with E-state index in [0.29, 0.717) is 17.2 Å². The van der Waals surface area contributed by atoms with Gasteiger partial charge in [-0.15, -0.1) is 0 Å². The number of phenolic OH excluding ortho intramolecular Hbond substituents is 3. The molecule has 46 heavy (non-hydrogen) atoms. The maximum atomic E-state index is 9.84. The second kappa shape index (κ2) is 15.1. The molecule has 3 aromatic carbocycles. The Morgan fingerprint density at radius 3 is 0.609 bits per heavy atom. The fraction of sp³-hybridized carbons (Fsp3) is 0.571. The van der Waals surface area contributed by atoms with Gasteiger partial charge in [-0.2, -0.15) is 0 Å². The van der Waals surface area contributed by atoms with E-state index in [2.05, 4.69) is 143 Å². The molecule has 3 rings (SSSR count). The van der Waals surface area contributed by atoms with Crippen LogP contribution in [0.15, 0.2) is 54.6 Å². The van der Waals surface area contributed by atoms with Crippen molar-refractivity contribution in [1.82, 2.24) is 0 Å². The lowest BCUT2D eigenvalue weighted by Crippen LogP contribution is -2.16. The lowest BCUT2D eigenvalue weighted by atomic mass is 9.80. The molecule has 3 N–H and O–H groups in total. The highest BCUT2D eigenvalue weighted by molar-refractivity contribution is 6.92. The van der Waals surface area contributed by atoms with Gasteiger partial charge < -0.3 is 15.3 Å². The summed E-state index contributed by atoms with van der Waals surface area (Å²) < 4.78 is 0. The van der Waals surface area contributed by atoms with Gasteiger partial charge in [0, 0.05) is 9.90 Å². The average Bonchev–Trinajstić information content (AvgIpc) is 2.81. The van der Waals surface area contributed by atoms with E-state index in [1.54, 1.807) is 18.2 Å². The lowest BCUT2D eigenvalue weighted by Gasteiger charge is -2.25. The van der Waals surface area contributed by atoms with E-state index in [-0.39, 0.29) is 42.4 Å². The standard InChI is InChI=1S/3C14H22O.P/c3*1-13(2,3)10-7-8-12(15)11(9-10)14(4,5)6;/h3*7-9,15H,1-6H3;. The summed E-state index contributed by atoms with van der Waals surface area (Å²) in [4.78, 5) is 0. The molecule has 0 aliphatic carbocycles. The van der Waals surface area contributed by atoms with E-state index in [1.807, 2.05) is 18.2 Å². The van der Waals surface area contributed by atoms with Gasteiger partial charge in [0.05, 0.1) is 0 Å². The van der Waals surface area contributed by atoms with Crippen LogP contribution in [-0.4, -0.2) is 15.3 Å². The van der Waals surface area contributed by atoms with Crippen LogP contribution in [0.2, 0.25) is 0 Å². The Labute approximate surface area is 286 Å². The topological polar surface area (TPSA) is 60.7 Å². The van der Waals surface area contributed by atoms with Crippen molar-refractivity contribution in [2.45, 2.75) is 157 Å². The van der Waals surface area contributed by atoms with Crippen LogP contribution in [-0.2, 0) is 32.5 Å². The number of benzene rings is 3. The smallest absolute Gasteiger partial charge is 0.119 e. The molecule has 0 aliphatic rings. The van der Waals surface area contributed by atoms with E-state index in [9.17, 15) is 15.3 Å². The predicted molar refractivity (Wildman–Crippen MR) is 203 cm³/mol. The zero-order chi connectivity index (χ0) is 35.6. The molecule has 3 aromatic rings. The van der Waals surface area contributed by atoms with Crippen LogP contribution in [0.1, 0.15) is 158 Å². The molecule has 0 heterocycles. The summed E-state index contributed by atoms with van der Waals surface area (Å²) >= 11 is 0. The lowest BCUT2D eigenvalue weighted by molar-refractivity contribution is 0.444. The van der Waals surface area contributed by atoms with Gasteiger partial charge in [-0.25, -0.2) is 0 Å². The van der Waals surface area contributed by atoms with Crippen LogP contribution < -0.4 is 0 Å². The van der Waals surface area contributed by atoms with Crippen molar-refractivity contribution < 1.29 is 15.3 Å². The Morgan fingerprint density at radius 2 is 0.478 bits per heavy atom. The van der Waals surface area contributed by atoms with Crippen LogP contribution in [0.3, 0.4) is 0 Å². The summed E-state index contributed by atoms with van der Waals surface area (Å²) in [6.45, 7) is 38.8. The number of rotatable bonds is 0. The summed E-state index contributed by atoms with van der Waals surface area (Å²) in [5.41, 5.74) is 7.25. The first-order chi connectivity index (χ1) is 19.9. The average molecular weight is 650 g/mol. The van der Waals surface area contributed by atoms with Gasteiger partial charge in [-0.1, -0.05) is 161 Å². The molecular formula is C42H66O3P. The van der Waals surface area contributed by atoms with E-state index in [1.165, 1.54) is 16.7 Å². The van der Waals surface area contributed by atoms with Gasteiger partial charge in [-0.05, 0) is 84.1 Å². The van der Waals surface area contributed by atoms with Gasteiger partial charge in [0.1, 0.15) is 17.2 Å². The summed E-state index contributed by atoms with van der Waals surface area (Å²) in [5.74, 6) is 1.20. The van der Waals surface area contributed by atoms with E-state index >= 15 is 0 Å². The second-order valence-electron chi connectivity index (χ2n) is 18.7. The van der Waals surface area contributed by atoms with Crippen LogP contribution >= 0.6 is 9.90 Å². The highest BCUT2D eigenvalue weighted by atomic mass is 31.0. The monoisotopic (exact) mass is 649 g/mol. The van der Waals surface area contributed by atoms with Crippen LogP contribution in [0.25, 0.3) is 0 Å². The molecule has 4 heteroatoms. The minimum absolute atomic E-state index is 0. The number of hydrogen-bond acceptors (Lipinski definition) is 3. The largest absolute Gasteiger partial charge is 0.508 e. The van der Waals surface area contributed by atoms with E-state index in [0.717, 1.165) is 16.7 Å². The molecule has 0 bridgehead atoms. The van der Waals surface area contributed by atoms with Crippen molar-refractivity contribution in [2.75, 3.05) is 0 Å². The summed E-state index contributed by atoms with van der Waals surface area (Å²) in [6, 6.07) is 17.8. The highest BCUT2D eigenvalue weighted by Crippen LogP contribution is 2.37. The summed E-state index contributed by atoms with van der Waals surface area (Å²) in [7, 11) is 0. The maximum Gasteiger partial charge on any atom is 0.119 e. The summed E-state index contributed by atoms with van der Waals surface area (Å²) in [5, 5.41) is 29.5. The fourth-order valence-electron chi connectivity index (χ4n) is 4.81. The van der Waals surface area contributed by atoms with Gasteiger partial charge in [0.2, 0.25) is 0 Å². The molecule has 0 spiro atoms. The van der Waals surface area contributed by atoms with E-state index in [4.69, 9.17) is 0 Å². The minimum Gasteiger partial charge on any atom is -0.508 e. The molecule has 0 saturated heterocycles. The molecule has 0 aliphatic heterocycles. The molecule has 0 saturated carbocycles. The number of hydrogen-bond donors (Lipinski definition) is 3. The number of phenols is 3. The Hall–Kier alpha value is -2.51. The first-order valence-electron chi connectivity index (χ1n) is 16.4. The Morgan fingerprint density at radius 1 is 0.304 bits per heavy atom. The van der Waals surface area contributed by atoms with Crippen molar-refractivity contribution in [2.24, 2.45) is 0 Å². The van der Waals surface area contributed by atoms with Crippen molar-refractivity contribution in [3.8, 4) is 17.2 Å². The molecule has 0 atom stereocenters. The molecule has 3 nitrogen and oxygen atoms in total. The zero-order valence-corrected chi connectivity index (χ0v) is 33.4. The van der Waals surface area contributed by atoms with Crippen molar-refractivity contribution in [1.29, 1.82) is 0 Å². The molecule has 0 unspecified atom stereocenters. The van der Waals surface area contributed by atoms with Gasteiger partial charge in [0.15, 0.2) is 0 Å². The van der Waals surface area contributed by atoms with Gasteiger partial charge in [0.25, 0.3) is 0 Å². The molecule has 0 aromatic heterocycles. The summed E-state index contributed by atoms with van der Waals surface area (Å²) in [6.07, 6.45) is 0. The molecule has 0 amide bonds.